The fourth-order valence-electron chi connectivity index (χ4n) is 2.54. The first-order chi connectivity index (χ1) is 13.1. The van der Waals surface area contributed by atoms with E-state index in [1.165, 1.54) is 28.9 Å². The Morgan fingerprint density at radius 1 is 1.00 bits per heavy atom. The predicted octanol–water partition coefficient (Wildman–Crippen LogP) is 4.45. The van der Waals surface area contributed by atoms with Crippen LogP contribution in [0.5, 0.6) is 0 Å². The average molecular weight is 407 g/mol. The second kappa shape index (κ2) is 7.63. The van der Waals surface area contributed by atoms with Gasteiger partial charge in [0.15, 0.2) is 0 Å². The molecular formula is C18H16F3N5OS. The van der Waals surface area contributed by atoms with E-state index in [4.69, 9.17) is 0 Å². The number of amides is 1. The molecule has 0 atom stereocenters. The molecule has 0 unspecified atom stereocenters. The van der Waals surface area contributed by atoms with Crippen molar-refractivity contribution in [2.24, 2.45) is 0 Å². The van der Waals surface area contributed by atoms with Crippen LogP contribution in [0.4, 0.5) is 19.0 Å². The third-order valence-corrected chi connectivity index (χ3v) is 4.32. The number of carbonyl (C=O) groups excluding carboxylic acids is 1. The van der Waals surface area contributed by atoms with Crippen LogP contribution in [0.15, 0.2) is 41.3 Å². The van der Waals surface area contributed by atoms with Gasteiger partial charge < -0.3 is 5.32 Å². The first kappa shape index (κ1) is 19.9. The zero-order chi connectivity index (χ0) is 20.5. The van der Waals surface area contributed by atoms with Gasteiger partial charge in [0, 0.05) is 27.9 Å². The number of aromatic nitrogens is 4. The fraction of sp³-hybridized carbons (Fsp3) is 0.222. The number of benzene rings is 1. The van der Waals surface area contributed by atoms with Crippen molar-refractivity contribution in [3.63, 3.8) is 0 Å². The van der Waals surface area contributed by atoms with Crippen molar-refractivity contribution in [1.29, 1.82) is 0 Å². The van der Waals surface area contributed by atoms with E-state index in [1.807, 2.05) is 19.9 Å². The molecule has 0 saturated heterocycles. The molecule has 1 N–H and O–H groups in total. The molecule has 28 heavy (non-hydrogen) atoms. The first-order valence-corrected chi connectivity index (χ1v) is 8.99. The van der Waals surface area contributed by atoms with Crippen molar-refractivity contribution in [3.8, 4) is 5.95 Å². The van der Waals surface area contributed by atoms with E-state index in [-0.39, 0.29) is 22.2 Å². The predicted molar refractivity (Wildman–Crippen MR) is 99.7 cm³/mol. The summed E-state index contributed by atoms with van der Waals surface area (Å²) in [6.07, 6.45) is 0. The Balaban J connectivity index is 1.83. The van der Waals surface area contributed by atoms with Crippen LogP contribution in [0, 0.1) is 20.8 Å². The topological polar surface area (TPSA) is 72.7 Å². The first-order valence-electron chi connectivity index (χ1n) is 8.17. The van der Waals surface area contributed by atoms with E-state index in [9.17, 15) is 18.0 Å². The summed E-state index contributed by atoms with van der Waals surface area (Å²) in [5.41, 5.74) is -2.00. The summed E-state index contributed by atoms with van der Waals surface area (Å²) in [6.45, 7) is 5.42. The molecule has 3 aromatic rings. The van der Waals surface area contributed by atoms with Crippen molar-refractivity contribution in [2.75, 3.05) is 5.32 Å². The number of aryl methyl sites for hydroxylation is 3. The van der Waals surface area contributed by atoms with E-state index in [0.29, 0.717) is 17.5 Å². The van der Waals surface area contributed by atoms with Crippen LogP contribution in [-0.4, -0.2) is 31.2 Å². The lowest BCUT2D eigenvalue weighted by Crippen LogP contribution is -2.16. The average Bonchev–Trinajstić information content (AvgIpc) is 2.93. The molecule has 2 heterocycles. The summed E-state index contributed by atoms with van der Waals surface area (Å²) < 4.78 is 38.7. The smallest absolute Gasteiger partial charge is 0.306 e. The van der Waals surface area contributed by atoms with Gasteiger partial charge in [0.2, 0.25) is 0 Å². The highest BCUT2D eigenvalue weighted by atomic mass is 32.2. The Hall–Kier alpha value is -2.88. The van der Waals surface area contributed by atoms with Crippen LogP contribution in [0.1, 0.15) is 27.4 Å². The van der Waals surface area contributed by atoms with Gasteiger partial charge in [-0.3, -0.25) is 4.79 Å². The number of nitrogens with one attached hydrogen (secondary N) is 1. The van der Waals surface area contributed by atoms with Crippen molar-refractivity contribution in [3.05, 3.63) is 59.0 Å². The Bertz CT molecular complexity index is 995. The lowest BCUT2D eigenvalue weighted by Gasteiger charge is -2.09. The number of hydrogen-bond donors (Lipinski definition) is 1. The molecule has 0 aliphatic rings. The molecule has 6 nitrogen and oxygen atoms in total. The Kier molecular flexibility index (Phi) is 5.41. The molecule has 1 aromatic carbocycles. The van der Waals surface area contributed by atoms with E-state index < -0.39 is 11.4 Å². The summed E-state index contributed by atoms with van der Waals surface area (Å²) >= 11 is -0.231. The number of carbonyl (C=O) groups is 1. The molecule has 3 rings (SSSR count). The number of thioether (sulfide) groups is 1. The lowest BCUT2D eigenvalue weighted by molar-refractivity contribution is -0.0328. The fourth-order valence-corrected chi connectivity index (χ4v) is 3.08. The summed E-state index contributed by atoms with van der Waals surface area (Å²) in [5, 5.41) is 7.02. The second-order valence-electron chi connectivity index (χ2n) is 6.06. The van der Waals surface area contributed by atoms with Crippen molar-refractivity contribution in [1.82, 2.24) is 19.7 Å². The van der Waals surface area contributed by atoms with Crippen LogP contribution in [0.3, 0.4) is 0 Å². The van der Waals surface area contributed by atoms with E-state index in [2.05, 4.69) is 20.4 Å². The minimum Gasteiger partial charge on any atom is -0.306 e. The molecule has 0 saturated carbocycles. The number of alkyl halides is 3. The maximum absolute atomic E-state index is 12.5. The van der Waals surface area contributed by atoms with Gasteiger partial charge in [0.1, 0.15) is 5.82 Å². The number of rotatable bonds is 4. The number of hydrogen-bond acceptors (Lipinski definition) is 5. The minimum absolute atomic E-state index is 0.00794. The van der Waals surface area contributed by atoms with Gasteiger partial charge in [-0.15, -0.1) is 0 Å². The Morgan fingerprint density at radius 3 is 2.18 bits per heavy atom. The maximum atomic E-state index is 12.5. The molecule has 146 valence electrons. The highest BCUT2D eigenvalue weighted by Crippen LogP contribution is 2.36. The van der Waals surface area contributed by atoms with Gasteiger partial charge in [-0.1, -0.05) is 0 Å². The zero-order valence-corrected chi connectivity index (χ0v) is 16.0. The zero-order valence-electron chi connectivity index (χ0n) is 15.2. The molecule has 1 amide bonds. The third kappa shape index (κ3) is 4.89. The van der Waals surface area contributed by atoms with Gasteiger partial charge in [-0.2, -0.15) is 23.0 Å². The Labute approximate surface area is 163 Å². The normalized spacial score (nSPS) is 11.5. The van der Waals surface area contributed by atoms with Gasteiger partial charge >= 0.3 is 5.51 Å². The molecule has 0 aliphatic heterocycles. The largest absolute Gasteiger partial charge is 0.446 e. The lowest BCUT2D eigenvalue weighted by atomic mass is 10.2. The standard InChI is InChI=1S/C18H16F3N5OS/c1-10-8-11(2)23-17(22-10)26-15(9-12(3)25-26)24-16(27)13-4-6-14(7-5-13)28-18(19,20)21/h4-9H,1-3H3,(H,24,27). The molecule has 0 bridgehead atoms. The van der Waals surface area contributed by atoms with Gasteiger partial charge in [-0.25, -0.2) is 9.97 Å². The van der Waals surface area contributed by atoms with E-state index in [0.717, 1.165) is 11.4 Å². The van der Waals surface area contributed by atoms with Crippen molar-refractivity contribution in [2.45, 2.75) is 31.2 Å². The molecule has 0 spiro atoms. The van der Waals surface area contributed by atoms with E-state index >= 15 is 0 Å². The minimum atomic E-state index is -4.38. The van der Waals surface area contributed by atoms with Crippen LogP contribution in [0.25, 0.3) is 5.95 Å². The molecular weight excluding hydrogens is 391 g/mol. The monoisotopic (exact) mass is 407 g/mol. The summed E-state index contributed by atoms with van der Waals surface area (Å²) in [6, 6.07) is 8.66. The van der Waals surface area contributed by atoms with Crippen LogP contribution in [-0.2, 0) is 0 Å². The summed E-state index contributed by atoms with van der Waals surface area (Å²) in [7, 11) is 0. The van der Waals surface area contributed by atoms with Crippen LogP contribution < -0.4 is 5.32 Å². The molecule has 10 heteroatoms. The number of nitrogens with zero attached hydrogens (tertiary/aromatic N) is 4. The number of anilines is 1. The second-order valence-corrected chi connectivity index (χ2v) is 7.20. The van der Waals surface area contributed by atoms with Gasteiger partial charge in [0.25, 0.3) is 11.9 Å². The molecule has 0 fully saturated rings. The SMILES string of the molecule is Cc1cc(C)nc(-n2nc(C)cc2NC(=O)c2ccc(SC(F)(F)F)cc2)n1. The molecule has 0 radical (unpaired) electrons. The number of halogens is 3. The molecule has 2 aromatic heterocycles. The Morgan fingerprint density at radius 2 is 1.61 bits per heavy atom. The summed E-state index contributed by atoms with van der Waals surface area (Å²) in [4.78, 5) is 21.2. The summed E-state index contributed by atoms with van der Waals surface area (Å²) in [5.74, 6) is 0.202. The highest BCUT2D eigenvalue weighted by molar-refractivity contribution is 8.00. The quantitative estimate of drug-likeness (QED) is 0.647. The highest BCUT2D eigenvalue weighted by Gasteiger charge is 2.29. The van der Waals surface area contributed by atoms with Crippen LogP contribution in [0.2, 0.25) is 0 Å². The third-order valence-electron chi connectivity index (χ3n) is 3.58. The maximum Gasteiger partial charge on any atom is 0.446 e. The van der Waals surface area contributed by atoms with Gasteiger partial charge in [0.05, 0.1) is 5.69 Å². The van der Waals surface area contributed by atoms with Crippen molar-refractivity contribution >= 4 is 23.5 Å². The van der Waals surface area contributed by atoms with E-state index in [1.54, 1.807) is 13.0 Å². The van der Waals surface area contributed by atoms with Crippen molar-refractivity contribution < 1.29 is 18.0 Å². The molecule has 0 aliphatic carbocycles. The van der Waals surface area contributed by atoms with Gasteiger partial charge in [-0.05, 0) is 62.9 Å². The van der Waals surface area contributed by atoms with Crippen LogP contribution >= 0.6 is 11.8 Å².